The Bertz CT molecular complexity index is 452. The minimum atomic E-state index is -0.191. The van der Waals surface area contributed by atoms with Gasteiger partial charge in [-0.3, -0.25) is 4.79 Å². The van der Waals surface area contributed by atoms with Crippen LogP contribution in [0.5, 0.6) is 0 Å². The van der Waals surface area contributed by atoms with Crippen molar-refractivity contribution in [3.05, 3.63) is 35.6 Å². The molecule has 1 aliphatic carbocycles. The van der Waals surface area contributed by atoms with Crippen LogP contribution in [0.1, 0.15) is 43.6 Å². The molecule has 3 rings (SSSR count). The lowest BCUT2D eigenvalue weighted by Crippen LogP contribution is -2.35. The molecule has 2 aliphatic rings. The molecule has 0 unspecified atom stereocenters. The summed E-state index contributed by atoms with van der Waals surface area (Å²) in [4.78, 5) is 14.3. The van der Waals surface area contributed by atoms with Crippen molar-refractivity contribution in [1.82, 2.24) is 4.90 Å². The molecule has 19 heavy (non-hydrogen) atoms. The van der Waals surface area contributed by atoms with E-state index in [-0.39, 0.29) is 5.82 Å². The quantitative estimate of drug-likeness (QED) is 0.799. The zero-order valence-electron chi connectivity index (χ0n) is 11.1. The number of carbonyl (C=O) groups is 1. The average Bonchev–Trinajstić information content (AvgIpc) is 3.26. The lowest BCUT2D eigenvalue weighted by Gasteiger charge is -2.25. The number of benzene rings is 1. The van der Waals surface area contributed by atoms with Crippen molar-refractivity contribution < 1.29 is 9.18 Å². The third kappa shape index (κ3) is 2.96. The lowest BCUT2D eigenvalue weighted by molar-refractivity contribution is -0.132. The summed E-state index contributed by atoms with van der Waals surface area (Å²) in [7, 11) is 0. The van der Waals surface area contributed by atoms with Gasteiger partial charge in [0, 0.05) is 24.9 Å². The molecule has 1 aromatic rings. The lowest BCUT2D eigenvalue weighted by atomic mass is 9.94. The highest BCUT2D eigenvalue weighted by atomic mass is 19.1. The first-order valence-electron chi connectivity index (χ1n) is 7.28. The van der Waals surface area contributed by atoms with Crippen molar-refractivity contribution in [2.75, 3.05) is 13.1 Å². The second-order valence-corrected chi connectivity index (χ2v) is 5.80. The molecule has 0 bridgehead atoms. The van der Waals surface area contributed by atoms with Crippen LogP contribution in [0.4, 0.5) is 4.39 Å². The van der Waals surface area contributed by atoms with Gasteiger partial charge in [0.15, 0.2) is 0 Å². The van der Waals surface area contributed by atoms with E-state index in [1.165, 1.54) is 12.1 Å². The largest absolute Gasteiger partial charge is 0.342 e. The minimum absolute atomic E-state index is 0.191. The van der Waals surface area contributed by atoms with Crippen LogP contribution in [0, 0.1) is 11.7 Å². The van der Waals surface area contributed by atoms with E-state index >= 15 is 0 Å². The van der Waals surface area contributed by atoms with Gasteiger partial charge in [0.25, 0.3) is 0 Å². The molecule has 1 saturated carbocycles. The average molecular weight is 261 g/mol. The molecule has 0 radical (unpaired) electrons. The molecule has 3 heteroatoms. The van der Waals surface area contributed by atoms with Gasteiger partial charge in [-0.05, 0) is 43.4 Å². The molecule has 2 fully saturated rings. The molecule has 0 spiro atoms. The predicted octanol–water partition coefficient (Wildman–Crippen LogP) is 3.33. The van der Waals surface area contributed by atoms with Crippen molar-refractivity contribution in [1.29, 1.82) is 0 Å². The van der Waals surface area contributed by atoms with Gasteiger partial charge in [0.05, 0.1) is 0 Å². The van der Waals surface area contributed by atoms with Gasteiger partial charge in [-0.25, -0.2) is 4.39 Å². The fraction of sp³-hybridized carbons (Fsp3) is 0.562. The summed E-state index contributed by atoms with van der Waals surface area (Å²) >= 11 is 0. The Hall–Kier alpha value is -1.38. The van der Waals surface area contributed by atoms with Crippen LogP contribution in [-0.4, -0.2) is 23.9 Å². The summed E-state index contributed by atoms with van der Waals surface area (Å²) in [5.74, 6) is 0.815. The van der Waals surface area contributed by atoms with Gasteiger partial charge in [-0.2, -0.15) is 0 Å². The SMILES string of the molecule is O=C(C1CC1)N1CCCC[C@@H](c2ccc(F)cc2)C1. The third-order valence-corrected chi connectivity index (χ3v) is 4.25. The highest BCUT2D eigenvalue weighted by Gasteiger charge is 2.34. The Kier molecular flexibility index (Phi) is 3.54. The van der Waals surface area contributed by atoms with Crippen molar-refractivity contribution in [2.45, 2.75) is 38.0 Å². The molecule has 1 heterocycles. The van der Waals surface area contributed by atoms with Crippen LogP contribution in [0.15, 0.2) is 24.3 Å². The summed E-state index contributed by atoms with van der Waals surface area (Å²) in [6, 6.07) is 6.77. The number of carbonyl (C=O) groups excluding carboxylic acids is 1. The van der Waals surface area contributed by atoms with Gasteiger partial charge in [-0.1, -0.05) is 18.6 Å². The Balaban J connectivity index is 1.73. The smallest absolute Gasteiger partial charge is 0.225 e. The molecule has 0 aromatic heterocycles. The molecule has 1 aromatic carbocycles. The summed E-state index contributed by atoms with van der Waals surface area (Å²) < 4.78 is 13.0. The molecule has 1 aliphatic heterocycles. The van der Waals surface area contributed by atoms with Gasteiger partial charge >= 0.3 is 0 Å². The van der Waals surface area contributed by atoms with Crippen LogP contribution in [-0.2, 0) is 4.79 Å². The van der Waals surface area contributed by atoms with Crippen molar-refractivity contribution >= 4 is 5.91 Å². The normalized spacial score (nSPS) is 24.1. The molecule has 102 valence electrons. The van der Waals surface area contributed by atoms with Gasteiger partial charge < -0.3 is 4.90 Å². The summed E-state index contributed by atoms with van der Waals surface area (Å²) in [6.07, 6.45) is 5.47. The second-order valence-electron chi connectivity index (χ2n) is 5.80. The Morgan fingerprint density at radius 1 is 1.11 bits per heavy atom. The van der Waals surface area contributed by atoms with Gasteiger partial charge in [-0.15, -0.1) is 0 Å². The van der Waals surface area contributed by atoms with E-state index in [0.29, 0.717) is 17.7 Å². The summed E-state index contributed by atoms with van der Waals surface area (Å²) in [6.45, 7) is 1.70. The number of hydrogen-bond acceptors (Lipinski definition) is 1. The summed E-state index contributed by atoms with van der Waals surface area (Å²) in [5.41, 5.74) is 1.16. The van der Waals surface area contributed by atoms with Crippen LogP contribution < -0.4 is 0 Å². The molecular weight excluding hydrogens is 241 g/mol. The van der Waals surface area contributed by atoms with Crippen molar-refractivity contribution in [2.24, 2.45) is 5.92 Å². The third-order valence-electron chi connectivity index (χ3n) is 4.25. The fourth-order valence-electron chi connectivity index (χ4n) is 2.94. The van der Waals surface area contributed by atoms with E-state index in [0.717, 1.165) is 50.8 Å². The number of likely N-dealkylation sites (tertiary alicyclic amines) is 1. The van der Waals surface area contributed by atoms with Crippen molar-refractivity contribution in [3.63, 3.8) is 0 Å². The van der Waals surface area contributed by atoms with Gasteiger partial charge in [0.2, 0.25) is 5.91 Å². The molecule has 0 N–H and O–H groups in total. The number of nitrogens with zero attached hydrogens (tertiary/aromatic N) is 1. The summed E-state index contributed by atoms with van der Waals surface area (Å²) in [5, 5.41) is 0. The monoisotopic (exact) mass is 261 g/mol. The van der Waals surface area contributed by atoms with E-state index in [1.807, 2.05) is 17.0 Å². The topological polar surface area (TPSA) is 20.3 Å². The second kappa shape index (κ2) is 5.32. The molecule has 1 atom stereocenters. The first kappa shape index (κ1) is 12.6. The van der Waals surface area contributed by atoms with E-state index in [9.17, 15) is 9.18 Å². The molecule has 1 saturated heterocycles. The zero-order chi connectivity index (χ0) is 13.2. The predicted molar refractivity (Wildman–Crippen MR) is 72.3 cm³/mol. The van der Waals surface area contributed by atoms with Crippen LogP contribution >= 0.6 is 0 Å². The first-order valence-corrected chi connectivity index (χ1v) is 7.28. The number of halogens is 1. The van der Waals surface area contributed by atoms with E-state index < -0.39 is 0 Å². The minimum Gasteiger partial charge on any atom is -0.342 e. The Morgan fingerprint density at radius 2 is 1.84 bits per heavy atom. The Morgan fingerprint density at radius 3 is 2.53 bits per heavy atom. The molecule has 1 amide bonds. The maximum Gasteiger partial charge on any atom is 0.225 e. The van der Waals surface area contributed by atoms with Gasteiger partial charge in [0.1, 0.15) is 5.82 Å². The Labute approximate surface area is 113 Å². The molecule has 2 nitrogen and oxygen atoms in total. The van der Waals surface area contributed by atoms with E-state index in [1.54, 1.807) is 0 Å². The number of rotatable bonds is 2. The molecular formula is C16H20FNO. The zero-order valence-corrected chi connectivity index (χ0v) is 11.1. The van der Waals surface area contributed by atoms with Crippen LogP contribution in [0.25, 0.3) is 0 Å². The van der Waals surface area contributed by atoms with E-state index in [4.69, 9.17) is 0 Å². The first-order chi connectivity index (χ1) is 9.24. The fourth-order valence-corrected chi connectivity index (χ4v) is 2.94. The standard InChI is InChI=1S/C16H20FNO/c17-15-8-6-12(7-9-15)14-3-1-2-10-18(11-14)16(19)13-4-5-13/h6-9,13-14H,1-5,10-11H2/t14-/m1/s1. The number of hydrogen-bond donors (Lipinski definition) is 0. The number of amides is 1. The maximum absolute atomic E-state index is 13.0. The highest BCUT2D eigenvalue weighted by molar-refractivity contribution is 5.81. The maximum atomic E-state index is 13.0. The van der Waals surface area contributed by atoms with E-state index in [2.05, 4.69) is 0 Å². The highest BCUT2D eigenvalue weighted by Crippen LogP contribution is 2.34. The van der Waals surface area contributed by atoms with Crippen LogP contribution in [0.3, 0.4) is 0 Å². The van der Waals surface area contributed by atoms with Crippen molar-refractivity contribution in [3.8, 4) is 0 Å². The van der Waals surface area contributed by atoms with Crippen LogP contribution in [0.2, 0.25) is 0 Å².